The van der Waals surface area contributed by atoms with Crippen molar-refractivity contribution in [1.29, 1.82) is 0 Å². The van der Waals surface area contributed by atoms with E-state index in [1.807, 2.05) is 0 Å². The predicted octanol–water partition coefficient (Wildman–Crippen LogP) is 6.19. The van der Waals surface area contributed by atoms with Gasteiger partial charge in [-0.05, 0) is 38.1 Å². The number of nitrogens with one attached hydrogen (secondary N) is 1. The average Bonchev–Trinajstić information content (AvgIpc) is 2.73. The van der Waals surface area contributed by atoms with Gasteiger partial charge >= 0.3 is 0 Å². The molecule has 0 bridgehead atoms. The maximum atomic E-state index is 6.14. The van der Waals surface area contributed by atoms with E-state index in [2.05, 4.69) is 31.3 Å². The van der Waals surface area contributed by atoms with Gasteiger partial charge in [0, 0.05) is 9.75 Å². The molecule has 96 valence electrons. The first-order chi connectivity index (χ1) is 8.47. The highest BCUT2D eigenvalue weighted by Crippen LogP contribution is 2.35. The van der Waals surface area contributed by atoms with Crippen LogP contribution in [0.15, 0.2) is 24.3 Å². The van der Waals surface area contributed by atoms with Crippen LogP contribution in [0, 0.1) is 6.92 Å². The Morgan fingerprint density at radius 3 is 2.33 bits per heavy atom. The van der Waals surface area contributed by atoms with Crippen LogP contribution in [0.25, 0.3) is 0 Å². The van der Waals surface area contributed by atoms with Crippen molar-refractivity contribution in [2.45, 2.75) is 19.9 Å². The molecule has 0 aliphatic rings. The van der Waals surface area contributed by atoms with Crippen molar-refractivity contribution in [3.8, 4) is 0 Å². The first-order valence-electron chi connectivity index (χ1n) is 5.45. The Labute approximate surface area is 126 Å². The van der Waals surface area contributed by atoms with E-state index in [4.69, 9.17) is 34.8 Å². The maximum absolute atomic E-state index is 6.14. The molecule has 0 saturated heterocycles. The monoisotopic (exact) mass is 319 g/mol. The Balaban J connectivity index is 2.21. The Kier molecular flexibility index (Phi) is 4.44. The molecule has 0 aliphatic carbocycles. The van der Waals surface area contributed by atoms with Crippen LogP contribution >= 0.6 is 46.1 Å². The summed E-state index contributed by atoms with van der Waals surface area (Å²) >= 11 is 19.8. The van der Waals surface area contributed by atoms with E-state index in [0.29, 0.717) is 15.1 Å². The van der Waals surface area contributed by atoms with Crippen molar-refractivity contribution in [1.82, 2.24) is 0 Å². The fourth-order valence-corrected chi connectivity index (χ4v) is 3.10. The van der Waals surface area contributed by atoms with Crippen molar-refractivity contribution < 1.29 is 0 Å². The molecule has 1 N–H and O–H groups in total. The second-order valence-corrected chi connectivity index (χ2v) is 6.60. The van der Waals surface area contributed by atoms with E-state index < -0.39 is 0 Å². The number of hydrogen-bond donors (Lipinski definition) is 1. The molecule has 0 saturated carbocycles. The van der Waals surface area contributed by atoms with Crippen molar-refractivity contribution >= 4 is 51.8 Å². The SMILES string of the molecule is Cc1ccc(C(C)Nc2cc(Cl)c(Cl)cc2Cl)s1. The van der Waals surface area contributed by atoms with Crippen LogP contribution in [0.2, 0.25) is 15.1 Å². The number of thiophene rings is 1. The second-order valence-electron chi connectivity index (χ2n) is 4.06. The van der Waals surface area contributed by atoms with E-state index >= 15 is 0 Å². The topological polar surface area (TPSA) is 12.0 Å². The van der Waals surface area contributed by atoms with Gasteiger partial charge in [0.15, 0.2) is 0 Å². The summed E-state index contributed by atoms with van der Waals surface area (Å²) in [5.41, 5.74) is 0.796. The van der Waals surface area contributed by atoms with Gasteiger partial charge in [0.1, 0.15) is 0 Å². The molecule has 18 heavy (non-hydrogen) atoms. The standard InChI is InChI=1S/C13H12Cl3NS/c1-7-3-4-13(18-7)8(2)17-12-6-10(15)9(14)5-11(12)16/h3-6,8,17H,1-2H3. The van der Waals surface area contributed by atoms with Crippen LogP contribution < -0.4 is 5.32 Å². The fraction of sp³-hybridized carbons (Fsp3) is 0.231. The minimum Gasteiger partial charge on any atom is -0.376 e. The summed E-state index contributed by atoms with van der Waals surface area (Å²) in [6.07, 6.45) is 0. The number of aryl methyl sites for hydroxylation is 1. The molecule has 0 aliphatic heterocycles. The summed E-state index contributed by atoms with van der Waals surface area (Å²) in [6, 6.07) is 7.81. The van der Waals surface area contributed by atoms with Gasteiger partial charge in [-0.25, -0.2) is 0 Å². The fourth-order valence-electron chi connectivity index (χ4n) is 1.62. The van der Waals surface area contributed by atoms with Gasteiger partial charge in [0.2, 0.25) is 0 Å². The summed E-state index contributed by atoms with van der Waals surface area (Å²) in [5, 5.41) is 4.88. The highest BCUT2D eigenvalue weighted by Gasteiger charge is 2.11. The van der Waals surface area contributed by atoms with Gasteiger partial charge in [-0.1, -0.05) is 34.8 Å². The molecule has 2 rings (SSSR count). The van der Waals surface area contributed by atoms with Crippen LogP contribution in [0.1, 0.15) is 22.7 Å². The van der Waals surface area contributed by atoms with Crippen molar-refractivity contribution in [3.63, 3.8) is 0 Å². The van der Waals surface area contributed by atoms with E-state index in [-0.39, 0.29) is 6.04 Å². The van der Waals surface area contributed by atoms with Crippen LogP contribution in [0.4, 0.5) is 5.69 Å². The first-order valence-corrected chi connectivity index (χ1v) is 7.40. The zero-order chi connectivity index (χ0) is 13.3. The molecular weight excluding hydrogens is 309 g/mol. The average molecular weight is 321 g/mol. The lowest BCUT2D eigenvalue weighted by Gasteiger charge is -2.15. The Morgan fingerprint density at radius 1 is 1.06 bits per heavy atom. The smallest absolute Gasteiger partial charge is 0.0653 e. The molecule has 0 fully saturated rings. The first kappa shape index (κ1) is 14.0. The molecule has 1 nitrogen and oxygen atoms in total. The van der Waals surface area contributed by atoms with Crippen LogP contribution in [-0.2, 0) is 0 Å². The third kappa shape index (κ3) is 3.12. The van der Waals surface area contributed by atoms with Gasteiger partial charge in [-0.2, -0.15) is 0 Å². The maximum Gasteiger partial charge on any atom is 0.0653 e. The summed E-state index contributed by atoms with van der Waals surface area (Å²) < 4.78 is 0. The zero-order valence-corrected chi connectivity index (χ0v) is 13.0. The van der Waals surface area contributed by atoms with E-state index in [1.54, 1.807) is 23.5 Å². The highest BCUT2D eigenvalue weighted by atomic mass is 35.5. The lowest BCUT2D eigenvalue weighted by molar-refractivity contribution is 0.908. The third-order valence-electron chi connectivity index (χ3n) is 2.57. The predicted molar refractivity (Wildman–Crippen MR) is 82.6 cm³/mol. The number of hydrogen-bond acceptors (Lipinski definition) is 2. The molecule has 0 radical (unpaired) electrons. The number of rotatable bonds is 3. The lowest BCUT2D eigenvalue weighted by Crippen LogP contribution is -2.05. The van der Waals surface area contributed by atoms with Crippen LogP contribution in [0.5, 0.6) is 0 Å². The summed E-state index contributed by atoms with van der Waals surface area (Å²) in [6.45, 7) is 4.18. The minimum absolute atomic E-state index is 0.179. The summed E-state index contributed by atoms with van der Waals surface area (Å²) in [7, 11) is 0. The zero-order valence-electron chi connectivity index (χ0n) is 9.93. The van der Waals surface area contributed by atoms with Gasteiger partial charge in [-0.15, -0.1) is 11.3 Å². The van der Waals surface area contributed by atoms with Gasteiger partial charge in [-0.3, -0.25) is 0 Å². The molecule has 5 heteroatoms. The van der Waals surface area contributed by atoms with Gasteiger partial charge < -0.3 is 5.32 Å². The Hall–Kier alpha value is -0.410. The lowest BCUT2D eigenvalue weighted by atomic mass is 10.2. The number of anilines is 1. The highest BCUT2D eigenvalue weighted by molar-refractivity contribution is 7.12. The number of halogens is 3. The van der Waals surface area contributed by atoms with Crippen LogP contribution in [0.3, 0.4) is 0 Å². The van der Waals surface area contributed by atoms with Crippen molar-refractivity contribution in [3.05, 3.63) is 49.1 Å². The van der Waals surface area contributed by atoms with E-state index in [1.165, 1.54) is 9.75 Å². The molecule has 2 aromatic rings. The second kappa shape index (κ2) is 5.70. The molecule has 0 spiro atoms. The molecule has 1 atom stereocenters. The van der Waals surface area contributed by atoms with E-state index in [0.717, 1.165) is 5.69 Å². The van der Waals surface area contributed by atoms with Crippen LogP contribution in [-0.4, -0.2) is 0 Å². The van der Waals surface area contributed by atoms with Gasteiger partial charge in [0.25, 0.3) is 0 Å². The largest absolute Gasteiger partial charge is 0.376 e. The quantitative estimate of drug-likeness (QED) is 0.665. The molecule has 1 unspecified atom stereocenters. The van der Waals surface area contributed by atoms with E-state index in [9.17, 15) is 0 Å². The third-order valence-corrected chi connectivity index (χ3v) is 4.79. The summed E-state index contributed by atoms with van der Waals surface area (Å²) in [4.78, 5) is 2.55. The molecular formula is C13H12Cl3NS. The number of benzene rings is 1. The summed E-state index contributed by atoms with van der Waals surface area (Å²) in [5.74, 6) is 0. The normalized spacial score (nSPS) is 12.5. The molecule has 1 aromatic carbocycles. The van der Waals surface area contributed by atoms with Crippen molar-refractivity contribution in [2.24, 2.45) is 0 Å². The van der Waals surface area contributed by atoms with Gasteiger partial charge in [0.05, 0.1) is 26.8 Å². The Bertz CT molecular complexity index is 565. The minimum atomic E-state index is 0.179. The molecule has 0 amide bonds. The molecule has 1 aromatic heterocycles. The Morgan fingerprint density at radius 2 is 1.72 bits per heavy atom. The van der Waals surface area contributed by atoms with Crippen molar-refractivity contribution in [2.75, 3.05) is 5.32 Å². The molecule has 1 heterocycles.